The molecule has 0 unspecified atom stereocenters. The van der Waals surface area contributed by atoms with Crippen LogP contribution in [0.2, 0.25) is 0 Å². The van der Waals surface area contributed by atoms with E-state index in [2.05, 4.69) is 46.2 Å². The lowest BCUT2D eigenvalue weighted by molar-refractivity contribution is 0.837. The highest BCUT2D eigenvalue weighted by molar-refractivity contribution is 9.10. The molecule has 1 aromatic carbocycles. The van der Waals surface area contributed by atoms with Crippen LogP contribution in [0.1, 0.15) is 24.5 Å². The van der Waals surface area contributed by atoms with Gasteiger partial charge in [-0.3, -0.25) is 0 Å². The van der Waals surface area contributed by atoms with Crippen molar-refractivity contribution < 1.29 is 0 Å². The Morgan fingerprint density at radius 2 is 2.12 bits per heavy atom. The fourth-order valence-corrected chi connectivity index (χ4v) is 2.61. The number of benzene rings is 1. The van der Waals surface area contributed by atoms with E-state index in [0.29, 0.717) is 0 Å². The first kappa shape index (κ1) is 11.7. The lowest BCUT2D eigenvalue weighted by Crippen LogP contribution is -1.99. The highest BCUT2D eigenvalue weighted by Gasteiger charge is 2.07. The van der Waals surface area contributed by atoms with Crippen molar-refractivity contribution in [3.63, 3.8) is 0 Å². The van der Waals surface area contributed by atoms with E-state index in [4.69, 9.17) is 5.73 Å². The van der Waals surface area contributed by atoms with Crippen LogP contribution in [0.4, 0.5) is 0 Å². The topological polar surface area (TPSA) is 41.8 Å². The summed E-state index contributed by atoms with van der Waals surface area (Å²) in [6.45, 7) is 2.93. The van der Waals surface area contributed by atoms with Crippen molar-refractivity contribution in [2.24, 2.45) is 5.73 Å². The second-order valence-corrected chi connectivity index (χ2v) is 4.96. The molecule has 3 N–H and O–H groups in total. The summed E-state index contributed by atoms with van der Waals surface area (Å²) >= 11 is 3.57. The molecule has 0 saturated carbocycles. The van der Waals surface area contributed by atoms with Gasteiger partial charge in [0.2, 0.25) is 0 Å². The van der Waals surface area contributed by atoms with Crippen molar-refractivity contribution in [1.82, 2.24) is 4.98 Å². The smallest absolute Gasteiger partial charge is 0.0490 e. The Kier molecular flexibility index (Phi) is 3.66. The SMILES string of the molecule is CCc1cc(Br)cc2c(CCCN)c[nH]c12. The van der Waals surface area contributed by atoms with Crippen LogP contribution in [0.25, 0.3) is 10.9 Å². The first-order valence-corrected chi connectivity index (χ1v) is 6.54. The second-order valence-electron chi connectivity index (χ2n) is 4.05. The highest BCUT2D eigenvalue weighted by atomic mass is 79.9. The Morgan fingerprint density at radius 3 is 2.81 bits per heavy atom. The van der Waals surface area contributed by atoms with E-state index >= 15 is 0 Å². The summed E-state index contributed by atoms with van der Waals surface area (Å²) in [5.74, 6) is 0. The molecule has 86 valence electrons. The summed E-state index contributed by atoms with van der Waals surface area (Å²) < 4.78 is 1.16. The van der Waals surface area contributed by atoms with E-state index in [0.717, 1.165) is 30.3 Å². The van der Waals surface area contributed by atoms with E-state index in [9.17, 15) is 0 Å². The maximum atomic E-state index is 5.56. The van der Waals surface area contributed by atoms with Crippen molar-refractivity contribution in [3.05, 3.63) is 33.9 Å². The number of hydrogen-bond acceptors (Lipinski definition) is 1. The summed E-state index contributed by atoms with van der Waals surface area (Å²) in [6, 6.07) is 4.38. The third-order valence-electron chi connectivity index (χ3n) is 2.95. The monoisotopic (exact) mass is 280 g/mol. The summed E-state index contributed by atoms with van der Waals surface area (Å²) in [7, 11) is 0. The number of aryl methyl sites for hydroxylation is 2. The molecular weight excluding hydrogens is 264 g/mol. The zero-order valence-electron chi connectivity index (χ0n) is 9.52. The minimum atomic E-state index is 0.751. The molecule has 16 heavy (non-hydrogen) atoms. The van der Waals surface area contributed by atoms with E-state index in [1.165, 1.54) is 22.0 Å². The number of hydrogen-bond donors (Lipinski definition) is 2. The first-order chi connectivity index (χ1) is 7.76. The van der Waals surface area contributed by atoms with Gasteiger partial charge in [-0.05, 0) is 49.1 Å². The number of aromatic amines is 1. The van der Waals surface area contributed by atoms with Crippen LogP contribution in [0.5, 0.6) is 0 Å². The number of H-pyrrole nitrogens is 1. The van der Waals surface area contributed by atoms with Crippen molar-refractivity contribution >= 4 is 26.8 Å². The van der Waals surface area contributed by atoms with Gasteiger partial charge in [-0.15, -0.1) is 0 Å². The average Bonchev–Trinajstić information content (AvgIpc) is 2.68. The van der Waals surface area contributed by atoms with Gasteiger partial charge >= 0.3 is 0 Å². The minimum absolute atomic E-state index is 0.751. The van der Waals surface area contributed by atoms with Gasteiger partial charge in [0.05, 0.1) is 0 Å². The first-order valence-electron chi connectivity index (χ1n) is 5.74. The Balaban J connectivity index is 2.49. The summed E-state index contributed by atoms with van der Waals surface area (Å²) in [5, 5.41) is 1.33. The Labute approximate surface area is 104 Å². The van der Waals surface area contributed by atoms with Crippen molar-refractivity contribution in [2.45, 2.75) is 26.2 Å². The predicted molar refractivity (Wildman–Crippen MR) is 72.8 cm³/mol. The fraction of sp³-hybridized carbons (Fsp3) is 0.385. The lowest BCUT2D eigenvalue weighted by atomic mass is 10.0. The number of rotatable bonds is 4. The molecule has 2 aromatic rings. The van der Waals surface area contributed by atoms with Gasteiger partial charge in [0.15, 0.2) is 0 Å². The normalized spacial score (nSPS) is 11.2. The molecule has 0 bridgehead atoms. The molecule has 3 heteroatoms. The average molecular weight is 281 g/mol. The van der Waals surface area contributed by atoms with Crippen molar-refractivity contribution in [1.29, 1.82) is 0 Å². The van der Waals surface area contributed by atoms with Crippen LogP contribution in [-0.2, 0) is 12.8 Å². The van der Waals surface area contributed by atoms with Crippen molar-refractivity contribution in [2.75, 3.05) is 6.54 Å². The molecule has 2 nitrogen and oxygen atoms in total. The molecule has 1 heterocycles. The summed E-state index contributed by atoms with van der Waals surface area (Å²) in [6.07, 6.45) is 5.26. The standard InChI is InChI=1S/C13H17BrN2/c1-2-9-6-11(14)7-12-10(4-3-5-15)8-16-13(9)12/h6-8,16H,2-5,15H2,1H3. The van der Waals surface area contributed by atoms with Crippen LogP contribution in [0.15, 0.2) is 22.8 Å². The Morgan fingerprint density at radius 1 is 1.31 bits per heavy atom. The number of nitrogens with one attached hydrogen (secondary N) is 1. The Hall–Kier alpha value is -0.800. The lowest BCUT2D eigenvalue weighted by Gasteiger charge is -2.03. The zero-order chi connectivity index (χ0) is 11.5. The van der Waals surface area contributed by atoms with Crippen LogP contribution in [-0.4, -0.2) is 11.5 Å². The van der Waals surface area contributed by atoms with Gasteiger partial charge in [-0.25, -0.2) is 0 Å². The number of halogens is 1. The molecule has 0 atom stereocenters. The van der Waals surface area contributed by atoms with Crippen LogP contribution in [0.3, 0.4) is 0 Å². The summed E-state index contributed by atoms with van der Waals surface area (Å²) in [5.41, 5.74) is 9.57. The second kappa shape index (κ2) is 5.02. The molecule has 0 aliphatic carbocycles. The number of fused-ring (bicyclic) bond motifs is 1. The maximum Gasteiger partial charge on any atom is 0.0490 e. The molecule has 0 fully saturated rings. The molecule has 0 aliphatic rings. The van der Waals surface area contributed by atoms with E-state index in [1.54, 1.807) is 0 Å². The van der Waals surface area contributed by atoms with Crippen LogP contribution >= 0.6 is 15.9 Å². The van der Waals surface area contributed by atoms with Crippen LogP contribution < -0.4 is 5.73 Å². The predicted octanol–water partition coefficient (Wildman–Crippen LogP) is 3.38. The maximum absolute atomic E-state index is 5.56. The summed E-state index contributed by atoms with van der Waals surface area (Å²) in [4.78, 5) is 3.38. The molecule has 2 rings (SSSR count). The van der Waals surface area contributed by atoms with Gasteiger partial charge in [0.1, 0.15) is 0 Å². The molecule has 1 aromatic heterocycles. The van der Waals surface area contributed by atoms with Gasteiger partial charge in [-0.2, -0.15) is 0 Å². The molecule has 0 saturated heterocycles. The third-order valence-corrected chi connectivity index (χ3v) is 3.41. The van der Waals surface area contributed by atoms with Gasteiger partial charge in [0, 0.05) is 21.6 Å². The van der Waals surface area contributed by atoms with Gasteiger partial charge in [0.25, 0.3) is 0 Å². The fourth-order valence-electron chi connectivity index (χ4n) is 2.10. The van der Waals surface area contributed by atoms with Gasteiger partial charge < -0.3 is 10.7 Å². The minimum Gasteiger partial charge on any atom is -0.361 e. The highest BCUT2D eigenvalue weighted by Crippen LogP contribution is 2.27. The quantitative estimate of drug-likeness (QED) is 0.886. The van der Waals surface area contributed by atoms with E-state index in [1.807, 2.05) is 0 Å². The number of nitrogens with two attached hydrogens (primary N) is 1. The molecule has 0 radical (unpaired) electrons. The third kappa shape index (κ3) is 2.15. The molecular formula is C13H17BrN2. The van der Waals surface area contributed by atoms with Crippen LogP contribution in [0, 0.1) is 0 Å². The van der Waals surface area contributed by atoms with E-state index < -0.39 is 0 Å². The molecule has 0 spiro atoms. The van der Waals surface area contributed by atoms with E-state index in [-0.39, 0.29) is 0 Å². The number of aromatic nitrogens is 1. The molecule has 0 aliphatic heterocycles. The van der Waals surface area contributed by atoms with Gasteiger partial charge in [-0.1, -0.05) is 22.9 Å². The zero-order valence-corrected chi connectivity index (χ0v) is 11.1. The van der Waals surface area contributed by atoms with Crippen molar-refractivity contribution in [3.8, 4) is 0 Å². The Bertz CT molecular complexity index is 488. The largest absolute Gasteiger partial charge is 0.361 e. The molecule has 0 amide bonds.